The maximum atomic E-state index is 12.1. The summed E-state index contributed by atoms with van der Waals surface area (Å²) in [5, 5.41) is 9.18. The van der Waals surface area contributed by atoms with E-state index in [1.54, 1.807) is 19.1 Å². The van der Waals surface area contributed by atoms with Crippen LogP contribution in [0.2, 0.25) is 0 Å². The van der Waals surface area contributed by atoms with E-state index < -0.39 is 17.8 Å². The molecule has 1 N–H and O–H groups in total. The molecular weight excluding hydrogens is 516 g/mol. The van der Waals surface area contributed by atoms with E-state index in [2.05, 4.69) is 0 Å². The van der Waals surface area contributed by atoms with Crippen molar-refractivity contribution in [3.05, 3.63) is 94.0 Å². The molecule has 0 saturated carbocycles. The predicted molar refractivity (Wildman–Crippen MR) is 145 cm³/mol. The molecule has 2 aliphatic heterocycles. The molecule has 0 radical (unpaired) electrons. The third-order valence-electron chi connectivity index (χ3n) is 6.07. The van der Waals surface area contributed by atoms with Crippen LogP contribution in [0.4, 0.5) is 0 Å². The summed E-state index contributed by atoms with van der Waals surface area (Å²) < 4.78 is 5.14. The Morgan fingerprint density at radius 1 is 0.725 bits per heavy atom. The van der Waals surface area contributed by atoms with E-state index >= 15 is 0 Å². The highest BCUT2D eigenvalue weighted by Crippen LogP contribution is 2.25. The van der Waals surface area contributed by atoms with Crippen LogP contribution in [0.15, 0.2) is 60.7 Å². The molecule has 5 rings (SSSR count). The molecule has 3 aromatic carbocycles. The molecule has 0 unspecified atom stereocenters. The number of benzene rings is 3. The van der Waals surface area contributed by atoms with Crippen molar-refractivity contribution >= 4 is 35.4 Å². The van der Waals surface area contributed by atoms with Crippen LogP contribution < -0.4 is 4.74 Å². The number of fused-ring (bicyclic) bond motifs is 2. The van der Waals surface area contributed by atoms with Crippen LogP contribution in [0, 0.1) is 0 Å². The zero-order valence-corrected chi connectivity index (χ0v) is 22.7. The number of esters is 1. The van der Waals surface area contributed by atoms with Gasteiger partial charge in [-0.2, -0.15) is 0 Å². The van der Waals surface area contributed by atoms with Gasteiger partial charge in [0.1, 0.15) is 11.5 Å². The highest BCUT2D eigenvalue weighted by molar-refractivity contribution is 6.22. The lowest BCUT2D eigenvalue weighted by molar-refractivity contribution is 0.0655. The Morgan fingerprint density at radius 2 is 1.20 bits per heavy atom. The van der Waals surface area contributed by atoms with Gasteiger partial charge in [-0.3, -0.25) is 33.8 Å². The van der Waals surface area contributed by atoms with Crippen molar-refractivity contribution in [3.63, 3.8) is 0 Å². The molecule has 0 atom stereocenters. The minimum atomic E-state index is -0.650. The highest BCUT2D eigenvalue weighted by Gasteiger charge is 2.35. The van der Waals surface area contributed by atoms with Crippen molar-refractivity contribution in [2.75, 3.05) is 13.6 Å². The van der Waals surface area contributed by atoms with Gasteiger partial charge in [-0.1, -0.05) is 19.9 Å². The molecule has 0 aliphatic carbocycles. The molecule has 0 spiro atoms. The van der Waals surface area contributed by atoms with E-state index in [9.17, 15) is 33.9 Å². The van der Waals surface area contributed by atoms with E-state index in [0.717, 1.165) is 4.90 Å². The second-order valence-corrected chi connectivity index (χ2v) is 8.48. The van der Waals surface area contributed by atoms with Crippen LogP contribution in [0.5, 0.6) is 11.5 Å². The lowest BCUT2D eigenvalue weighted by atomic mass is 10.0. The molecule has 2 heterocycles. The van der Waals surface area contributed by atoms with Gasteiger partial charge in [0.15, 0.2) is 5.78 Å². The van der Waals surface area contributed by atoms with Crippen LogP contribution in [0.25, 0.3) is 0 Å². The summed E-state index contributed by atoms with van der Waals surface area (Å²) in [5.41, 5.74) is 1.80. The van der Waals surface area contributed by atoms with Crippen molar-refractivity contribution in [2.24, 2.45) is 0 Å². The van der Waals surface area contributed by atoms with Gasteiger partial charge >= 0.3 is 5.97 Å². The molecule has 4 amide bonds. The normalized spacial score (nSPS) is 13.1. The first-order chi connectivity index (χ1) is 19.0. The first-order valence-electron chi connectivity index (χ1n) is 12.5. The predicted octanol–water partition coefficient (Wildman–Crippen LogP) is 4.37. The molecule has 10 heteroatoms. The average Bonchev–Trinajstić information content (AvgIpc) is 3.34. The number of amides is 4. The lowest BCUT2D eigenvalue weighted by Crippen LogP contribution is -2.29. The molecule has 40 heavy (non-hydrogen) atoms. The van der Waals surface area contributed by atoms with Crippen LogP contribution in [0.1, 0.15) is 89.8 Å². The Labute approximate surface area is 230 Å². The first-order valence-corrected chi connectivity index (χ1v) is 12.5. The van der Waals surface area contributed by atoms with E-state index in [1.807, 2.05) is 13.8 Å². The summed E-state index contributed by atoms with van der Waals surface area (Å²) in [6.07, 6.45) is 0. The molecule has 0 aromatic heterocycles. The van der Waals surface area contributed by atoms with E-state index in [4.69, 9.17) is 4.74 Å². The third kappa shape index (κ3) is 5.65. The standard InChI is InChI=1S/C16H11NO5.C12H11NO3.C2H6/c1-17-14(19)12-7-2-9(8-13(12)15(17)20)16(21)22-11-5-3-10(18)4-6-11;1-3-13-11(15)9-5-4-8(7(2)14)6-10(9)12(13)16;1-2/h2-8,18H,1H3;4-6H,3H2,1-2H3;1-2H3. The van der Waals surface area contributed by atoms with E-state index in [0.29, 0.717) is 23.2 Å². The molecule has 206 valence electrons. The number of phenols is 1. The number of rotatable bonds is 4. The number of phenolic OH excluding ortho intramolecular Hbond substituents is 1. The van der Waals surface area contributed by atoms with Gasteiger partial charge in [0.25, 0.3) is 23.6 Å². The Kier molecular flexibility index (Phi) is 8.95. The fourth-order valence-electron chi connectivity index (χ4n) is 3.97. The summed E-state index contributed by atoms with van der Waals surface area (Å²) in [4.78, 5) is 72.6. The summed E-state index contributed by atoms with van der Waals surface area (Å²) >= 11 is 0. The summed E-state index contributed by atoms with van der Waals surface area (Å²) in [6, 6.07) is 14.5. The number of carbonyl (C=O) groups excluding carboxylic acids is 6. The number of imide groups is 2. The van der Waals surface area contributed by atoms with Crippen LogP contribution in [0.3, 0.4) is 0 Å². The highest BCUT2D eigenvalue weighted by atomic mass is 16.5. The van der Waals surface area contributed by atoms with Gasteiger partial charge in [0, 0.05) is 19.2 Å². The van der Waals surface area contributed by atoms with Crippen LogP contribution in [-0.4, -0.2) is 63.9 Å². The summed E-state index contributed by atoms with van der Waals surface area (Å²) in [7, 11) is 1.39. The molecular formula is C30H28N2O8. The molecule has 3 aromatic rings. The minimum absolute atomic E-state index is 0.0597. The first kappa shape index (κ1) is 29.4. The van der Waals surface area contributed by atoms with Crippen molar-refractivity contribution in [1.29, 1.82) is 0 Å². The number of aromatic hydroxyl groups is 1. The Morgan fingerprint density at radius 3 is 1.77 bits per heavy atom. The van der Waals surface area contributed by atoms with E-state index in [1.165, 1.54) is 67.4 Å². The fourth-order valence-corrected chi connectivity index (χ4v) is 3.97. The second-order valence-electron chi connectivity index (χ2n) is 8.48. The number of hydrogen-bond donors (Lipinski definition) is 1. The molecule has 0 fully saturated rings. The van der Waals surface area contributed by atoms with Gasteiger partial charge in [0.2, 0.25) is 0 Å². The second kappa shape index (κ2) is 12.2. The van der Waals surface area contributed by atoms with Gasteiger partial charge < -0.3 is 9.84 Å². The fraction of sp³-hybridized carbons (Fsp3) is 0.200. The third-order valence-corrected chi connectivity index (χ3v) is 6.07. The van der Waals surface area contributed by atoms with Crippen molar-refractivity contribution in [2.45, 2.75) is 27.7 Å². The Bertz CT molecular complexity index is 1530. The zero-order valence-electron chi connectivity index (χ0n) is 22.7. The van der Waals surface area contributed by atoms with Crippen molar-refractivity contribution < 1.29 is 38.6 Å². The summed E-state index contributed by atoms with van der Waals surface area (Å²) in [6.45, 7) is 7.52. The lowest BCUT2D eigenvalue weighted by Gasteiger charge is -2.08. The maximum Gasteiger partial charge on any atom is 0.343 e. The number of ether oxygens (including phenoxy) is 1. The van der Waals surface area contributed by atoms with Crippen LogP contribution >= 0.6 is 0 Å². The maximum absolute atomic E-state index is 12.1. The molecule has 2 aliphatic rings. The molecule has 0 saturated heterocycles. The number of nitrogens with zero attached hydrogens (tertiary/aromatic N) is 2. The number of carbonyl (C=O) groups is 6. The van der Waals surface area contributed by atoms with Crippen molar-refractivity contribution in [1.82, 2.24) is 9.80 Å². The van der Waals surface area contributed by atoms with Gasteiger partial charge in [0.05, 0.1) is 27.8 Å². The smallest absolute Gasteiger partial charge is 0.343 e. The zero-order chi connectivity index (χ0) is 29.7. The number of hydrogen-bond acceptors (Lipinski definition) is 8. The Balaban J connectivity index is 0.000000217. The topological polar surface area (TPSA) is 138 Å². The van der Waals surface area contributed by atoms with E-state index in [-0.39, 0.29) is 45.8 Å². The minimum Gasteiger partial charge on any atom is -0.508 e. The van der Waals surface area contributed by atoms with Crippen LogP contribution in [-0.2, 0) is 0 Å². The number of Topliss-reactive ketones (excluding diaryl/α,β-unsaturated/α-hetero) is 1. The van der Waals surface area contributed by atoms with Crippen molar-refractivity contribution in [3.8, 4) is 11.5 Å². The van der Waals surface area contributed by atoms with Gasteiger partial charge in [-0.05, 0) is 68.4 Å². The number of ketones is 1. The Hall–Kier alpha value is -5.12. The summed E-state index contributed by atoms with van der Waals surface area (Å²) in [5.74, 6) is -1.87. The van der Waals surface area contributed by atoms with Gasteiger partial charge in [-0.25, -0.2) is 4.79 Å². The van der Waals surface area contributed by atoms with Gasteiger partial charge in [-0.15, -0.1) is 0 Å². The molecule has 0 bridgehead atoms. The molecule has 10 nitrogen and oxygen atoms in total. The SMILES string of the molecule is CC.CCN1C(=O)c2ccc(C(C)=O)cc2C1=O.CN1C(=O)c2ccc(C(=O)Oc3ccc(O)cc3)cc2C1=O. The monoisotopic (exact) mass is 544 g/mol. The average molecular weight is 545 g/mol. The largest absolute Gasteiger partial charge is 0.508 e. The quantitative estimate of drug-likeness (QED) is 0.221.